The predicted molar refractivity (Wildman–Crippen MR) is 123 cm³/mol. The first-order chi connectivity index (χ1) is 16.3. The minimum atomic E-state index is -1.02. The summed E-state index contributed by atoms with van der Waals surface area (Å²) in [5, 5.41) is 6.03. The van der Waals surface area contributed by atoms with Crippen LogP contribution < -0.4 is 10.6 Å². The quantitative estimate of drug-likeness (QED) is 0.506. The average molecular weight is 458 g/mol. The average Bonchev–Trinajstić information content (AvgIpc) is 3.30. The molecule has 3 heterocycles. The summed E-state index contributed by atoms with van der Waals surface area (Å²) in [6.45, 7) is 2.02. The molecule has 9 heteroatoms. The number of aromatic amines is 1. The van der Waals surface area contributed by atoms with Crippen LogP contribution in [0.4, 0.5) is 5.69 Å². The topological polar surface area (TPSA) is 128 Å². The highest BCUT2D eigenvalue weighted by Gasteiger charge is 2.44. The third-order valence-corrected chi connectivity index (χ3v) is 6.27. The van der Waals surface area contributed by atoms with Crippen molar-refractivity contribution in [3.8, 4) is 0 Å². The number of anilines is 1. The Morgan fingerprint density at radius 3 is 2.65 bits per heavy atom. The van der Waals surface area contributed by atoms with Crippen LogP contribution in [0.5, 0.6) is 0 Å². The monoisotopic (exact) mass is 458 g/mol. The molecule has 0 bridgehead atoms. The SMILES string of the molecule is Cc1ccc2c(CCC(=O)Nc3ccc4c(c3)C(=O)N(C3CCC(=O)NC3=O)C4=O)c[nH]c2c1. The molecule has 1 aromatic heterocycles. The van der Waals surface area contributed by atoms with Crippen LogP contribution in [0.15, 0.2) is 42.6 Å². The van der Waals surface area contributed by atoms with Crippen molar-refractivity contribution in [3.05, 3.63) is 64.8 Å². The number of aromatic nitrogens is 1. The molecule has 1 unspecified atom stereocenters. The van der Waals surface area contributed by atoms with Gasteiger partial charge < -0.3 is 10.3 Å². The molecule has 5 amide bonds. The molecule has 5 rings (SSSR count). The number of nitrogens with zero attached hydrogens (tertiary/aromatic N) is 1. The molecule has 0 radical (unpaired) electrons. The number of aryl methyl sites for hydroxylation is 2. The highest BCUT2D eigenvalue weighted by atomic mass is 16.2. The molecule has 34 heavy (non-hydrogen) atoms. The lowest BCUT2D eigenvalue weighted by Gasteiger charge is -2.27. The van der Waals surface area contributed by atoms with Gasteiger partial charge in [-0.05, 0) is 55.2 Å². The number of imide groups is 2. The fourth-order valence-electron chi connectivity index (χ4n) is 4.53. The highest BCUT2D eigenvalue weighted by Crippen LogP contribution is 2.29. The van der Waals surface area contributed by atoms with Crippen molar-refractivity contribution in [3.63, 3.8) is 0 Å². The molecular weight excluding hydrogens is 436 g/mol. The number of fused-ring (bicyclic) bond motifs is 2. The van der Waals surface area contributed by atoms with E-state index in [4.69, 9.17) is 0 Å². The summed E-state index contributed by atoms with van der Waals surface area (Å²) in [7, 11) is 0. The second kappa shape index (κ2) is 8.26. The van der Waals surface area contributed by atoms with Crippen molar-refractivity contribution < 1.29 is 24.0 Å². The Kier molecular flexibility index (Phi) is 5.24. The summed E-state index contributed by atoms with van der Waals surface area (Å²) in [6.07, 6.45) is 2.84. The standard InChI is InChI=1S/C25H22N4O5/c1-13-2-5-16-14(12-26-19(16)10-13)3-8-21(30)27-15-4-6-17-18(11-15)25(34)29(24(17)33)20-7-9-22(31)28-23(20)32/h2,4-6,10-12,20,26H,3,7-9H2,1H3,(H,27,30)(H,28,31,32). The minimum absolute atomic E-state index is 0.0567. The summed E-state index contributed by atoms with van der Waals surface area (Å²) in [4.78, 5) is 66.0. The Morgan fingerprint density at radius 2 is 1.85 bits per heavy atom. The van der Waals surface area contributed by atoms with Gasteiger partial charge in [-0.1, -0.05) is 12.1 Å². The van der Waals surface area contributed by atoms with Crippen LogP contribution in [0.2, 0.25) is 0 Å². The number of carbonyl (C=O) groups excluding carboxylic acids is 5. The molecule has 3 aromatic rings. The van der Waals surface area contributed by atoms with Crippen molar-refractivity contribution in [2.75, 3.05) is 5.32 Å². The third-order valence-electron chi connectivity index (χ3n) is 6.27. The molecule has 172 valence electrons. The van der Waals surface area contributed by atoms with Crippen LogP contribution in [0, 0.1) is 6.92 Å². The van der Waals surface area contributed by atoms with E-state index >= 15 is 0 Å². The molecule has 0 aliphatic carbocycles. The first-order valence-electron chi connectivity index (χ1n) is 11.0. The van der Waals surface area contributed by atoms with E-state index in [2.05, 4.69) is 21.7 Å². The third kappa shape index (κ3) is 3.75. The smallest absolute Gasteiger partial charge is 0.262 e. The number of piperidine rings is 1. The number of amides is 5. The second-order valence-electron chi connectivity index (χ2n) is 8.62. The molecule has 0 spiro atoms. The number of hydrogen-bond donors (Lipinski definition) is 3. The maximum atomic E-state index is 12.9. The second-order valence-corrected chi connectivity index (χ2v) is 8.62. The van der Waals surface area contributed by atoms with Gasteiger partial charge in [0.05, 0.1) is 11.1 Å². The van der Waals surface area contributed by atoms with Crippen LogP contribution in [0.1, 0.15) is 51.1 Å². The van der Waals surface area contributed by atoms with Crippen molar-refractivity contribution in [1.29, 1.82) is 0 Å². The van der Waals surface area contributed by atoms with Gasteiger partial charge in [0.25, 0.3) is 11.8 Å². The molecule has 1 saturated heterocycles. The summed E-state index contributed by atoms with van der Waals surface area (Å²) in [5.74, 6) is -2.50. The summed E-state index contributed by atoms with van der Waals surface area (Å²) >= 11 is 0. The minimum Gasteiger partial charge on any atom is -0.361 e. The van der Waals surface area contributed by atoms with E-state index in [9.17, 15) is 24.0 Å². The van der Waals surface area contributed by atoms with Gasteiger partial charge in [-0.2, -0.15) is 0 Å². The number of hydrogen-bond acceptors (Lipinski definition) is 5. The van der Waals surface area contributed by atoms with E-state index in [1.807, 2.05) is 25.3 Å². The fraction of sp³-hybridized carbons (Fsp3) is 0.240. The molecule has 0 saturated carbocycles. The van der Waals surface area contributed by atoms with Crippen molar-refractivity contribution in [2.45, 2.75) is 38.6 Å². The first kappa shape index (κ1) is 21.6. The first-order valence-corrected chi connectivity index (χ1v) is 11.0. The van der Waals surface area contributed by atoms with Crippen LogP contribution >= 0.6 is 0 Å². The van der Waals surface area contributed by atoms with E-state index in [1.54, 1.807) is 6.07 Å². The van der Waals surface area contributed by atoms with Gasteiger partial charge >= 0.3 is 0 Å². The summed E-state index contributed by atoms with van der Waals surface area (Å²) < 4.78 is 0. The summed E-state index contributed by atoms with van der Waals surface area (Å²) in [6, 6.07) is 9.58. The van der Waals surface area contributed by atoms with Crippen molar-refractivity contribution in [2.24, 2.45) is 0 Å². The van der Waals surface area contributed by atoms with Crippen LogP contribution in [-0.2, 0) is 20.8 Å². The van der Waals surface area contributed by atoms with Crippen molar-refractivity contribution in [1.82, 2.24) is 15.2 Å². The Bertz CT molecular complexity index is 1390. The van der Waals surface area contributed by atoms with Gasteiger partial charge in [0, 0.05) is 35.6 Å². The fourth-order valence-corrected chi connectivity index (χ4v) is 4.53. The van der Waals surface area contributed by atoms with Gasteiger partial charge in [-0.25, -0.2) is 0 Å². The number of rotatable bonds is 5. The largest absolute Gasteiger partial charge is 0.361 e. The van der Waals surface area contributed by atoms with Crippen LogP contribution in [0.25, 0.3) is 10.9 Å². The lowest BCUT2D eigenvalue weighted by molar-refractivity contribution is -0.136. The molecule has 2 aliphatic rings. The van der Waals surface area contributed by atoms with Gasteiger partial charge in [0.1, 0.15) is 6.04 Å². The summed E-state index contributed by atoms with van der Waals surface area (Å²) in [5.41, 5.74) is 3.91. The van der Waals surface area contributed by atoms with Gasteiger partial charge in [-0.3, -0.25) is 34.2 Å². The number of carbonyl (C=O) groups is 5. The van der Waals surface area contributed by atoms with Gasteiger partial charge in [0.15, 0.2) is 0 Å². The lowest BCUT2D eigenvalue weighted by Crippen LogP contribution is -2.54. The molecule has 2 aromatic carbocycles. The van der Waals surface area contributed by atoms with E-state index in [0.29, 0.717) is 12.1 Å². The molecular formula is C25H22N4O5. The van der Waals surface area contributed by atoms with E-state index in [0.717, 1.165) is 26.9 Å². The molecule has 1 atom stereocenters. The predicted octanol–water partition coefficient (Wildman–Crippen LogP) is 2.45. The van der Waals surface area contributed by atoms with Gasteiger partial charge in [0.2, 0.25) is 17.7 Å². The normalized spacial score (nSPS) is 17.8. The zero-order valence-corrected chi connectivity index (χ0v) is 18.4. The Labute approximate surface area is 194 Å². The number of benzene rings is 2. The van der Waals surface area contributed by atoms with E-state index in [-0.39, 0.29) is 36.3 Å². The maximum absolute atomic E-state index is 12.9. The Balaban J connectivity index is 1.27. The van der Waals surface area contributed by atoms with Crippen LogP contribution in [-0.4, -0.2) is 45.5 Å². The zero-order valence-electron chi connectivity index (χ0n) is 18.4. The number of H-pyrrole nitrogens is 1. The Hall–Kier alpha value is -4.27. The molecule has 3 N–H and O–H groups in total. The Morgan fingerprint density at radius 1 is 1.06 bits per heavy atom. The lowest BCUT2D eigenvalue weighted by atomic mass is 10.0. The van der Waals surface area contributed by atoms with Crippen LogP contribution in [0.3, 0.4) is 0 Å². The molecule has 1 fully saturated rings. The van der Waals surface area contributed by atoms with Gasteiger partial charge in [-0.15, -0.1) is 0 Å². The molecule has 2 aliphatic heterocycles. The molecule has 9 nitrogen and oxygen atoms in total. The van der Waals surface area contributed by atoms with Crippen molar-refractivity contribution >= 4 is 46.1 Å². The number of nitrogens with one attached hydrogen (secondary N) is 3. The maximum Gasteiger partial charge on any atom is 0.262 e. The zero-order chi connectivity index (χ0) is 24.0. The van der Waals surface area contributed by atoms with E-state index < -0.39 is 29.7 Å². The highest BCUT2D eigenvalue weighted by molar-refractivity contribution is 6.24. The van der Waals surface area contributed by atoms with E-state index in [1.165, 1.54) is 12.1 Å².